The van der Waals surface area contributed by atoms with Gasteiger partial charge in [-0.2, -0.15) is 5.10 Å². The van der Waals surface area contributed by atoms with E-state index in [-0.39, 0.29) is 48.9 Å². The second kappa shape index (κ2) is 9.18. The zero-order chi connectivity index (χ0) is 13.0. The molecule has 3 atom stereocenters. The molecular weight excluding hydrogens is 303 g/mol. The monoisotopic (exact) mass is 324 g/mol. The Morgan fingerprint density at radius 1 is 1.60 bits per heavy atom. The molecule has 1 amide bonds. The molecule has 0 radical (unpaired) electrons. The fourth-order valence-electron chi connectivity index (χ4n) is 2.09. The Morgan fingerprint density at radius 3 is 2.95 bits per heavy atom. The van der Waals surface area contributed by atoms with E-state index in [1.165, 1.54) is 0 Å². The van der Waals surface area contributed by atoms with Crippen molar-refractivity contribution >= 4 is 30.7 Å². The van der Waals surface area contributed by atoms with Crippen LogP contribution < -0.4 is 10.6 Å². The first kappa shape index (κ1) is 19.2. The minimum atomic E-state index is -0.265. The highest BCUT2D eigenvalue weighted by Gasteiger charge is 2.28. The number of rotatable bonds is 4. The van der Waals surface area contributed by atoms with Crippen LogP contribution >= 0.6 is 24.8 Å². The quantitative estimate of drug-likeness (QED) is 0.851. The van der Waals surface area contributed by atoms with Gasteiger partial charge in [0.05, 0.1) is 19.3 Å². The zero-order valence-electron chi connectivity index (χ0n) is 11.6. The van der Waals surface area contributed by atoms with E-state index in [0.29, 0.717) is 13.2 Å². The second-order valence-electron chi connectivity index (χ2n) is 4.65. The third-order valence-electron chi connectivity index (χ3n) is 3.01. The van der Waals surface area contributed by atoms with E-state index in [9.17, 15) is 4.79 Å². The van der Waals surface area contributed by atoms with Gasteiger partial charge in [-0.3, -0.25) is 9.48 Å². The third-order valence-corrected chi connectivity index (χ3v) is 3.01. The molecule has 0 aliphatic carbocycles. The fraction of sp³-hybridized carbons (Fsp3) is 0.667. The van der Waals surface area contributed by atoms with Crippen LogP contribution in [0.2, 0.25) is 0 Å². The van der Waals surface area contributed by atoms with Gasteiger partial charge < -0.3 is 15.4 Å². The lowest BCUT2D eigenvalue weighted by Gasteiger charge is -2.30. The number of aromatic nitrogens is 2. The van der Waals surface area contributed by atoms with Crippen LogP contribution in [0.5, 0.6) is 0 Å². The van der Waals surface area contributed by atoms with E-state index in [1.807, 2.05) is 26.1 Å². The second-order valence-corrected chi connectivity index (χ2v) is 4.65. The van der Waals surface area contributed by atoms with Crippen LogP contribution in [0.25, 0.3) is 0 Å². The van der Waals surface area contributed by atoms with Crippen LogP contribution in [0, 0.1) is 0 Å². The molecule has 20 heavy (non-hydrogen) atoms. The summed E-state index contributed by atoms with van der Waals surface area (Å²) in [7, 11) is 0. The van der Waals surface area contributed by atoms with Gasteiger partial charge in [0.25, 0.3) is 0 Å². The summed E-state index contributed by atoms with van der Waals surface area (Å²) in [6.07, 6.45) is 3.52. The number of halogens is 2. The van der Waals surface area contributed by atoms with Gasteiger partial charge in [-0.1, -0.05) is 0 Å². The Labute approximate surface area is 131 Å². The molecule has 116 valence electrons. The average Bonchev–Trinajstić information content (AvgIpc) is 2.82. The molecule has 6 nitrogen and oxygen atoms in total. The van der Waals surface area contributed by atoms with Crippen LogP contribution in [0.3, 0.4) is 0 Å². The molecule has 1 aliphatic rings. The minimum Gasteiger partial charge on any atom is -0.375 e. The summed E-state index contributed by atoms with van der Waals surface area (Å²) >= 11 is 0. The number of ether oxygens (including phenoxy) is 1. The summed E-state index contributed by atoms with van der Waals surface area (Å²) in [5, 5.41) is 10.3. The molecule has 0 spiro atoms. The highest BCUT2D eigenvalue weighted by atomic mass is 35.5. The first-order valence-electron chi connectivity index (χ1n) is 6.29. The summed E-state index contributed by atoms with van der Waals surface area (Å²) < 4.78 is 7.26. The molecule has 1 aliphatic heterocycles. The predicted octanol–water partition coefficient (Wildman–Crippen LogP) is 0.608. The van der Waals surface area contributed by atoms with Crippen LogP contribution in [-0.4, -0.2) is 47.0 Å². The number of hydrogen-bond donors (Lipinski definition) is 2. The molecule has 1 aromatic rings. The van der Waals surface area contributed by atoms with Crippen molar-refractivity contribution in [1.82, 2.24) is 20.4 Å². The van der Waals surface area contributed by atoms with E-state index < -0.39 is 0 Å². The van der Waals surface area contributed by atoms with Crippen molar-refractivity contribution in [2.24, 2.45) is 0 Å². The molecule has 0 saturated carbocycles. The predicted molar refractivity (Wildman–Crippen MR) is 81.5 cm³/mol. The van der Waals surface area contributed by atoms with Gasteiger partial charge in [-0.15, -0.1) is 24.8 Å². The molecule has 1 fully saturated rings. The summed E-state index contributed by atoms with van der Waals surface area (Å²) in [4.78, 5) is 12.1. The lowest BCUT2D eigenvalue weighted by Crippen LogP contribution is -2.57. The lowest BCUT2D eigenvalue weighted by molar-refractivity contribution is -0.129. The Balaban J connectivity index is 0.00000180. The van der Waals surface area contributed by atoms with Crippen LogP contribution in [-0.2, 0) is 16.1 Å². The molecule has 8 heteroatoms. The molecule has 2 heterocycles. The van der Waals surface area contributed by atoms with Gasteiger partial charge >= 0.3 is 0 Å². The minimum absolute atomic E-state index is 0. The summed E-state index contributed by atoms with van der Waals surface area (Å²) in [6.45, 7) is 5.92. The maximum absolute atomic E-state index is 12.1. The zero-order valence-corrected chi connectivity index (χ0v) is 13.2. The Hall–Kier alpha value is -0.820. The maximum atomic E-state index is 12.1. The van der Waals surface area contributed by atoms with Crippen LogP contribution in [0.4, 0.5) is 0 Å². The first-order valence-corrected chi connectivity index (χ1v) is 6.29. The SMILES string of the molecule is CC(Cn1cccn1)NC(=O)[C@H]1NCCO[C@@H]1C.Cl.Cl. The summed E-state index contributed by atoms with van der Waals surface area (Å²) in [5.74, 6) is -0.0122. The number of nitrogens with one attached hydrogen (secondary N) is 2. The normalized spacial score (nSPS) is 23.1. The van der Waals surface area contributed by atoms with Crippen molar-refractivity contribution in [3.63, 3.8) is 0 Å². The van der Waals surface area contributed by atoms with Crippen molar-refractivity contribution < 1.29 is 9.53 Å². The number of nitrogens with zero attached hydrogens (tertiary/aromatic N) is 2. The number of morpholine rings is 1. The molecule has 0 bridgehead atoms. The number of carbonyl (C=O) groups excluding carboxylic acids is 1. The van der Waals surface area contributed by atoms with Crippen LogP contribution in [0.15, 0.2) is 18.5 Å². The van der Waals surface area contributed by atoms with E-state index in [4.69, 9.17) is 4.74 Å². The van der Waals surface area contributed by atoms with Crippen molar-refractivity contribution in [2.75, 3.05) is 13.2 Å². The van der Waals surface area contributed by atoms with Gasteiger partial charge in [0, 0.05) is 25.0 Å². The molecule has 2 rings (SSSR count). The van der Waals surface area contributed by atoms with E-state index in [2.05, 4.69) is 15.7 Å². The molecule has 1 aromatic heterocycles. The molecular formula is C12H22Cl2N4O2. The summed E-state index contributed by atoms with van der Waals surface area (Å²) in [5.41, 5.74) is 0. The average molecular weight is 325 g/mol. The highest BCUT2D eigenvalue weighted by Crippen LogP contribution is 2.04. The molecule has 1 unspecified atom stereocenters. The smallest absolute Gasteiger partial charge is 0.240 e. The third kappa shape index (κ3) is 5.28. The van der Waals surface area contributed by atoms with Crippen molar-refractivity contribution in [2.45, 2.75) is 38.6 Å². The van der Waals surface area contributed by atoms with Gasteiger partial charge in [-0.05, 0) is 19.9 Å². The lowest BCUT2D eigenvalue weighted by atomic mass is 10.1. The molecule has 2 N–H and O–H groups in total. The van der Waals surface area contributed by atoms with Crippen LogP contribution in [0.1, 0.15) is 13.8 Å². The standard InChI is InChI=1S/C12H20N4O2.2ClH/c1-9(8-16-6-3-4-14-16)15-12(17)11-10(2)18-7-5-13-11;;/h3-4,6,9-11,13H,5,7-8H2,1-2H3,(H,15,17);2*1H/t9?,10-,11+;;/m1../s1. The highest BCUT2D eigenvalue weighted by molar-refractivity contribution is 5.85. The molecule has 0 aromatic carbocycles. The Kier molecular flexibility index (Phi) is 8.80. The van der Waals surface area contributed by atoms with Crippen molar-refractivity contribution in [1.29, 1.82) is 0 Å². The largest absolute Gasteiger partial charge is 0.375 e. The van der Waals surface area contributed by atoms with Crippen molar-refractivity contribution in [3.05, 3.63) is 18.5 Å². The number of carbonyl (C=O) groups is 1. The number of hydrogen-bond acceptors (Lipinski definition) is 4. The Morgan fingerprint density at radius 2 is 2.35 bits per heavy atom. The molecule has 1 saturated heterocycles. The van der Waals surface area contributed by atoms with E-state index in [1.54, 1.807) is 10.9 Å². The van der Waals surface area contributed by atoms with Gasteiger partial charge in [0.2, 0.25) is 5.91 Å². The van der Waals surface area contributed by atoms with Gasteiger partial charge in [-0.25, -0.2) is 0 Å². The Bertz CT molecular complexity index is 389. The van der Waals surface area contributed by atoms with E-state index in [0.717, 1.165) is 6.54 Å². The van der Waals surface area contributed by atoms with Gasteiger partial charge in [0.15, 0.2) is 0 Å². The summed E-state index contributed by atoms with van der Waals surface area (Å²) in [6, 6.07) is 1.64. The topological polar surface area (TPSA) is 68.2 Å². The fourth-order valence-corrected chi connectivity index (χ4v) is 2.09. The van der Waals surface area contributed by atoms with Crippen molar-refractivity contribution in [3.8, 4) is 0 Å². The first-order chi connectivity index (χ1) is 8.66. The van der Waals surface area contributed by atoms with Gasteiger partial charge in [0.1, 0.15) is 6.04 Å². The number of amides is 1. The maximum Gasteiger partial charge on any atom is 0.240 e. The van der Waals surface area contributed by atoms with E-state index >= 15 is 0 Å².